The molecule has 1 fully saturated rings. The zero-order valence-corrected chi connectivity index (χ0v) is 24.6. The van der Waals surface area contributed by atoms with Crippen molar-refractivity contribution in [1.29, 1.82) is 0 Å². The predicted molar refractivity (Wildman–Crippen MR) is 164 cm³/mol. The van der Waals surface area contributed by atoms with Gasteiger partial charge in [-0.25, -0.2) is 9.97 Å². The lowest BCUT2D eigenvalue weighted by Crippen LogP contribution is -2.29. The van der Waals surface area contributed by atoms with Gasteiger partial charge in [0.05, 0.1) is 41.2 Å². The van der Waals surface area contributed by atoms with E-state index < -0.39 is 17.7 Å². The lowest BCUT2D eigenvalue weighted by molar-refractivity contribution is -0.132. The quantitative estimate of drug-likeness (QED) is 0.0975. The normalized spacial score (nSPS) is 16.3. The Kier molecular flexibility index (Phi) is 7.32. The zero-order valence-electron chi connectivity index (χ0n) is 23.7. The molecule has 0 bridgehead atoms. The summed E-state index contributed by atoms with van der Waals surface area (Å²) in [5, 5.41) is 12.1. The fourth-order valence-corrected chi connectivity index (χ4v) is 6.25. The van der Waals surface area contributed by atoms with Gasteiger partial charge >= 0.3 is 5.91 Å². The van der Waals surface area contributed by atoms with Crippen LogP contribution in [0.5, 0.6) is 17.2 Å². The van der Waals surface area contributed by atoms with Crippen LogP contribution in [0.2, 0.25) is 0 Å². The van der Waals surface area contributed by atoms with Crippen molar-refractivity contribution >= 4 is 49.8 Å². The van der Waals surface area contributed by atoms with E-state index in [1.807, 2.05) is 19.1 Å². The lowest BCUT2D eigenvalue weighted by atomic mass is 9.96. The highest BCUT2D eigenvalue weighted by Gasteiger charge is 2.49. The minimum atomic E-state index is -1.02. The van der Waals surface area contributed by atoms with Crippen LogP contribution in [0, 0.1) is 6.92 Å². The second-order valence-corrected chi connectivity index (χ2v) is 10.7. The van der Waals surface area contributed by atoms with Gasteiger partial charge in [-0.05, 0) is 61.9 Å². The molecule has 3 aromatic heterocycles. The standard InChI is InChI=1S/C32H28N4O6S/c1-5-15-42-22-13-10-19(16-23(22)41-6-2)28-26(29(37)27-18(3)33-25-9-7-8-14-35(25)27)30(38)31(39)36(28)32-34-21-12-11-20(40-4)17-24(21)43-32/h5,7-14,16-17,28,37H,1,6,15H2,2-4H3/b29-26+. The minimum Gasteiger partial charge on any atom is -0.505 e. The average molecular weight is 597 g/mol. The first-order chi connectivity index (χ1) is 20.9. The Labute approximate surface area is 251 Å². The number of fused-ring (bicyclic) bond motifs is 2. The molecule has 1 aliphatic heterocycles. The number of methoxy groups -OCH3 is 1. The van der Waals surface area contributed by atoms with Gasteiger partial charge in [-0.2, -0.15) is 0 Å². The molecule has 0 spiro atoms. The van der Waals surface area contributed by atoms with Gasteiger partial charge in [0.15, 0.2) is 22.4 Å². The number of amides is 1. The topological polar surface area (TPSA) is 115 Å². The molecule has 1 amide bonds. The van der Waals surface area contributed by atoms with Gasteiger partial charge in [0.2, 0.25) is 0 Å². The molecule has 1 saturated heterocycles. The maximum absolute atomic E-state index is 13.8. The van der Waals surface area contributed by atoms with Gasteiger partial charge in [-0.1, -0.05) is 36.1 Å². The molecule has 10 nitrogen and oxygen atoms in total. The number of Topliss-reactive ketones (excluding diaryl/α,β-unsaturated/α-hetero) is 1. The van der Waals surface area contributed by atoms with Crippen molar-refractivity contribution in [2.75, 3.05) is 25.2 Å². The number of ether oxygens (including phenoxy) is 3. The van der Waals surface area contributed by atoms with Gasteiger partial charge in [0.25, 0.3) is 5.78 Å². The van der Waals surface area contributed by atoms with E-state index in [0.717, 1.165) is 4.70 Å². The van der Waals surface area contributed by atoms with Crippen LogP contribution >= 0.6 is 11.3 Å². The molecule has 43 heavy (non-hydrogen) atoms. The van der Waals surface area contributed by atoms with Gasteiger partial charge in [0.1, 0.15) is 23.7 Å². The number of nitrogens with zero attached hydrogens (tertiary/aromatic N) is 4. The summed E-state index contributed by atoms with van der Waals surface area (Å²) in [6.07, 6.45) is 3.37. The van der Waals surface area contributed by atoms with Crippen LogP contribution in [0.1, 0.15) is 29.9 Å². The van der Waals surface area contributed by atoms with Crippen LogP contribution in [0.25, 0.3) is 21.6 Å². The van der Waals surface area contributed by atoms with E-state index in [-0.39, 0.29) is 17.9 Å². The molecule has 0 aliphatic carbocycles. The van der Waals surface area contributed by atoms with Crippen molar-refractivity contribution in [3.63, 3.8) is 0 Å². The monoisotopic (exact) mass is 596 g/mol. The molecule has 5 aromatic rings. The number of anilines is 1. The van der Waals surface area contributed by atoms with Crippen LogP contribution in [0.3, 0.4) is 0 Å². The number of aliphatic hydroxyl groups excluding tert-OH is 1. The van der Waals surface area contributed by atoms with Crippen LogP contribution in [-0.2, 0) is 9.59 Å². The van der Waals surface area contributed by atoms with Gasteiger partial charge in [0, 0.05) is 6.20 Å². The van der Waals surface area contributed by atoms with Crippen LogP contribution in [0.4, 0.5) is 5.13 Å². The Hall–Kier alpha value is -5.16. The molecular weight excluding hydrogens is 568 g/mol. The summed E-state index contributed by atoms with van der Waals surface area (Å²) in [7, 11) is 1.57. The first kappa shape index (κ1) is 28.0. The molecule has 2 aromatic carbocycles. The van der Waals surface area contributed by atoms with E-state index in [1.165, 1.54) is 16.2 Å². The third-order valence-corrected chi connectivity index (χ3v) is 8.12. The van der Waals surface area contributed by atoms with Crippen molar-refractivity contribution in [2.45, 2.75) is 19.9 Å². The molecule has 1 N–H and O–H groups in total. The third kappa shape index (κ3) is 4.77. The summed E-state index contributed by atoms with van der Waals surface area (Å²) in [6, 6.07) is 15.0. The van der Waals surface area contributed by atoms with E-state index >= 15 is 0 Å². The number of carbonyl (C=O) groups excluding carboxylic acids is 2. The zero-order chi connectivity index (χ0) is 30.2. The number of hydrogen-bond acceptors (Lipinski definition) is 9. The molecule has 4 heterocycles. The highest BCUT2D eigenvalue weighted by atomic mass is 32.1. The summed E-state index contributed by atoms with van der Waals surface area (Å²) < 4.78 is 19.5. The average Bonchev–Trinajstić information content (AvgIpc) is 3.66. The Balaban J connectivity index is 1.59. The van der Waals surface area contributed by atoms with Crippen molar-refractivity contribution in [1.82, 2.24) is 14.4 Å². The number of aryl methyl sites for hydroxylation is 1. The molecule has 218 valence electrons. The number of rotatable bonds is 9. The summed E-state index contributed by atoms with van der Waals surface area (Å²) in [4.78, 5) is 38.2. The molecule has 0 saturated carbocycles. The van der Waals surface area contributed by atoms with Crippen molar-refractivity contribution in [2.24, 2.45) is 0 Å². The number of thiazole rings is 1. The largest absolute Gasteiger partial charge is 0.505 e. The number of benzene rings is 2. The van der Waals surface area contributed by atoms with E-state index in [2.05, 4.69) is 11.6 Å². The minimum absolute atomic E-state index is 0.0854. The number of carbonyl (C=O) groups is 2. The second-order valence-electron chi connectivity index (χ2n) is 9.71. The number of aliphatic hydroxyl groups is 1. The third-order valence-electron chi connectivity index (χ3n) is 7.10. The summed E-state index contributed by atoms with van der Waals surface area (Å²) in [5.41, 5.74) is 2.50. The Bertz CT molecular complexity index is 1940. The van der Waals surface area contributed by atoms with Crippen LogP contribution in [-0.4, -0.2) is 51.5 Å². The molecule has 1 unspecified atom stereocenters. The van der Waals surface area contributed by atoms with Crippen LogP contribution < -0.4 is 19.1 Å². The SMILES string of the molecule is C=CCOc1ccc(C2/C(=C(\O)c3c(C)nc4ccccn34)C(=O)C(=O)N2c2nc3ccc(OC)cc3s2)cc1OCC. The fourth-order valence-electron chi connectivity index (χ4n) is 5.23. The lowest BCUT2D eigenvalue weighted by Gasteiger charge is -2.24. The summed E-state index contributed by atoms with van der Waals surface area (Å²) in [5.74, 6) is -0.446. The number of hydrogen-bond donors (Lipinski definition) is 1. The van der Waals surface area contributed by atoms with E-state index in [4.69, 9.17) is 19.2 Å². The molecule has 0 radical (unpaired) electrons. The predicted octanol–water partition coefficient (Wildman–Crippen LogP) is 5.85. The van der Waals surface area contributed by atoms with Crippen LogP contribution in [0.15, 0.2) is 79.0 Å². The van der Waals surface area contributed by atoms with E-state index in [9.17, 15) is 14.7 Å². The summed E-state index contributed by atoms with van der Waals surface area (Å²) in [6.45, 7) is 7.91. The van der Waals surface area contributed by atoms with Crippen molar-refractivity contribution in [3.05, 3.63) is 96.0 Å². The number of pyridine rings is 1. The first-order valence-corrected chi connectivity index (χ1v) is 14.4. The highest BCUT2D eigenvalue weighted by molar-refractivity contribution is 7.22. The molecule has 1 aliphatic rings. The number of ketones is 1. The molecular formula is C32H28N4O6S. The van der Waals surface area contributed by atoms with Crippen molar-refractivity contribution < 1.29 is 28.9 Å². The molecule has 11 heteroatoms. The van der Waals surface area contributed by atoms with E-state index in [1.54, 1.807) is 73.2 Å². The van der Waals surface area contributed by atoms with Gasteiger partial charge in [-0.15, -0.1) is 0 Å². The Morgan fingerprint density at radius 2 is 1.93 bits per heavy atom. The second kappa shape index (κ2) is 11.3. The molecule has 1 atom stereocenters. The number of imidazole rings is 1. The first-order valence-electron chi connectivity index (χ1n) is 13.6. The van der Waals surface area contributed by atoms with E-state index in [0.29, 0.717) is 57.1 Å². The fraction of sp³-hybridized carbons (Fsp3) is 0.188. The van der Waals surface area contributed by atoms with Gasteiger partial charge in [-0.3, -0.25) is 18.9 Å². The Morgan fingerprint density at radius 1 is 1.09 bits per heavy atom. The highest BCUT2D eigenvalue weighted by Crippen LogP contribution is 2.46. The van der Waals surface area contributed by atoms with Crippen molar-refractivity contribution in [3.8, 4) is 17.2 Å². The van der Waals surface area contributed by atoms with Gasteiger partial charge < -0.3 is 19.3 Å². The maximum Gasteiger partial charge on any atom is 0.301 e. The maximum atomic E-state index is 13.8. The molecule has 6 rings (SSSR count). The smallest absolute Gasteiger partial charge is 0.301 e. The summed E-state index contributed by atoms with van der Waals surface area (Å²) >= 11 is 1.25. The Morgan fingerprint density at radius 3 is 2.70 bits per heavy atom. The number of aromatic nitrogens is 3.